The van der Waals surface area contributed by atoms with E-state index in [-0.39, 0.29) is 18.4 Å². The molecular formula is C15H26ClN3O2S. The summed E-state index contributed by atoms with van der Waals surface area (Å²) in [6.45, 7) is 4.15. The van der Waals surface area contributed by atoms with Crippen LogP contribution >= 0.6 is 12.4 Å². The summed E-state index contributed by atoms with van der Waals surface area (Å²) in [6.07, 6.45) is 1.87. The molecule has 0 radical (unpaired) electrons. The van der Waals surface area contributed by atoms with Gasteiger partial charge in [0.25, 0.3) is 10.2 Å². The predicted octanol–water partition coefficient (Wildman–Crippen LogP) is 1.86. The first-order valence-electron chi connectivity index (χ1n) is 7.55. The molecule has 0 saturated carbocycles. The Labute approximate surface area is 140 Å². The molecule has 1 heterocycles. The van der Waals surface area contributed by atoms with Crippen molar-refractivity contribution in [3.05, 3.63) is 35.9 Å². The van der Waals surface area contributed by atoms with E-state index in [2.05, 4.69) is 5.32 Å². The zero-order valence-electron chi connectivity index (χ0n) is 13.2. The number of nitrogens with zero attached hydrogens (tertiary/aromatic N) is 2. The Hall–Kier alpha value is -0.660. The summed E-state index contributed by atoms with van der Waals surface area (Å²) < 4.78 is 29.0. The van der Waals surface area contributed by atoms with Crippen LogP contribution in [0.5, 0.6) is 0 Å². The molecule has 0 amide bonds. The van der Waals surface area contributed by atoms with Crippen LogP contribution in [0, 0.1) is 0 Å². The van der Waals surface area contributed by atoms with Gasteiger partial charge >= 0.3 is 0 Å². The van der Waals surface area contributed by atoms with Crippen LogP contribution in [-0.4, -0.2) is 49.8 Å². The van der Waals surface area contributed by atoms with Crippen LogP contribution in [0.15, 0.2) is 30.3 Å². The van der Waals surface area contributed by atoms with E-state index in [1.807, 2.05) is 44.3 Å². The van der Waals surface area contributed by atoms with Crippen molar-refractivity contribution >= 4 is 22.6 Å². The van der Waals surface area contributed by atoms with Crippen molar-refractivity contribution in [1.82, 2.24) is 13.9 Å². The molecule has 1 aromatic rings. The van der Waals surface area contributed by atoms with Crippen molar-refractivity contribution in [2.75, 3.05) is 26.7 Å². The molecule has 7 heteroatoms. The predicted molar refractivity (Wildman–Crippen MR) is 92.3 cm³/mol. The second-order valence-corrected chi connectivity index (χ2v) is 7.27. The molecule has 1 aliphatic heterocycles. The highest BCUT2D eigenvalue weighted by atomic mass is 35.5. The Bertz CT molecular complexity index is 539. The van der Waals surface area contributed by atoms with Crippen LogP contribution < -0.4 is 5.32 Å². The van der Waals surface area contributed by atoms with Gasteiger partial charge in [-0.3, -0.25) is 0 Å². The second kappa shape index (κ2) is 8.84. The molecule has 1 aliphatic rings. The van der Waals surface area contributed by atoms with Gasteiger partial charge in [-0.05, 0) is 25.5 Å². The third kappa shape index (κ3) is 4.43. The minimum absolute atomic E-state index is 0. The third-order valence-corrected chi connectivity index (χ3v) is 6.05. The number of nitrogens with one attached hydrogen (secondary N) is 1. The van der Waals surface area contributed by atoms with Crippen LogP contribution in [0.3, 0.4) is 0 Å². The minimum Gasteiger partial charge on any atom is -0.318 e. The quantitative estimate of drug-likeness (QED) is 0.819. The summed E-state index contributed by atoms with van der Waals surface area (Å²) >= 11 is 0. The third-order valence-electron chi connectivity index (χ3n) is 3.94. The minimum atomic E-state index is -3.39. The highest BCUT2D eigenvalue weighted by Gasteiger charge is 2.37. The molecule has 126 valence electrons. The van der Waals surface area contributed by atoms with Crippen molar-refractivity contribution in [2.24, 2.45) is 0 Å². The molecule has 0 aromatic heterocycles. The lowest BCUT2D eigenvalue weighted by molar-refractivity contribution is 0.322. The van der Waals surface area contributed by atoms with Gasteiger partial charge in [-0.1, -0.05) is 37.3 Å². The lowest BCUT2D eigenvalue weighted by Crippen LogP contribution is -2.48. The van der Waals surface area contributed by atoms with E-state index < -0.39 is 10.2 Å². The summed E-state index contributed by atoms with van der Waals surface area (Å²) in [5.74, 6) is 0. The van der Waals surface area contributed by atoms with Gasteiger partial charge in [-0.15, -0.1) is 12.4 Å². The maximum Gasteiger partial charge on any atom is 0.282 e. The summed E-state index contributed by atoms with van der Waals surface area (Å²) in [7, 11) is -1.53. The Kier molecular flexibility index (Phi) is 7.79. The van der Waals surface area contributed by atoms with E-state index in [4.69, 9.17) is 0 Å². The molecule has 1 saturated heterocycles. The molecular weight excluding hydrogens is 322 g/mol. The van der Waals surface area contributed by atoms with E-state index in [0.717, 1.165) is 18.4 Å². The Balaban J connectivity index is 0.00000242. The monoisotopic (exact) mass is 347 g/mol. The number of hydrogen-bond acceptors (Lipinski definition) is 3. The number of halogens is 1. The van der Waals surface area contributed by atoms with Crippen molar-refractivity contribution in [3.63, 3.8) is 0 Å². The number of benzene rings is 1. The molecule has 1 atom stereocenters. The summed E-state index contributed by atoms with van der Waals surface area (Å²) in [5, 5.41) is 3.09. The van der Waals surface area contributed by atoms with E-state index in [1.165, 1.54) is 0 Å². The Morgan fingerprint density at radius 2 is 2.00 bits per heavy atom. The van der Waals surface area contributed by atoms with Crippen LogP contribution in [-0.2, 0) is 16.8 Å². The smallest absolute Gasteiger partial charge is 0.282 e. The summed E-state index contributed by atoms with van der Waals surface area (Å²) in [5.41, 5.74) is 1.02. The first-order chi connectivity index (χ1) is 10.1. The van der Waals surface area contributed by atoms with Crippen molar-refractivity contribution in [3.8, 4) is 0 Å². The molecule has 1 N–H and O–H groups in total. The fourth-order valence-electron chi connectivity index (χ4n) is 2.84. The maximum atomic E-state index is 12.9. The molecule has 1 unspecified atom stereocenters. The lowest BCUT2D eigenvalue weighted by atomic mass is 10.2. The van der Waals surface area contributed by atoms with Gasteiger partial charge in [0.1, 0.15) is 0 Å². The largest absolute Gasteiger partial charge is 0.318 e. The number of hydrogen-bond donors (Lipinski definition) is 1. The highest BCUT2D eigenvalue weighted by Crippen LogP contribution is 2.24. The van der Waals surface area contributed by atoms with Crippen molar-refractivity contribution in [2.45, 2.75) is 32.4 Å². The topological polar surface area (TPSA) is 52.7 Å². The van der Waals surface area contributed by atoms with Gasteiger partial charge in [-0.2, -0.15) is 17.0 Å². The zero-order valence-corrected chi connectivity index (χ0v) is 14.9. The SMILES string of the molecule is CCN(Cc1ccccc1)S(=O)(=O)N1CCCC1CNC.Cl. The summed E-state index contributed by atoms with van der Waals surface area (Å²) in [6, 6.07) is 9.83. The molecule has 2 rings (SSSR count). The fourth-order valence-corrected chi connectivity index (χ4v) is 4.70. The number of rotatable bonds is 7. The standard InChI is InChI=1S/C15H25N3O2S.ClH/c1-3-17(13-14-8-5-4-6-9-14)21(19,20)18-11-7-10-15(18)12-16-2;/h4-6,8-9,15-16H,3,7,10-13H2,1-2H3;1H. The highest BCUT2D eigenvalue weighted by molar-refractivity contribution is 7.86. The molecule has 0 aliphatic carbocycles. The summed E-state index contributed by atoms with van der Waals surface area (Å²) in [4.78, 5) is 0. The maximum absolute atomic E-state index is 12.9. The molecule has 1 fully saturated rings. The van der Waals surface area contributed by atoms with Crippen LogP contribution in [0.2, 0.25) is 0 Å². The van der Waals surface area contributed by atoms with E-state index in [0.29, 0.717) is 26.2 Å². The molecule has 5 nitrogen and oxygen atoms in total. The fraction of sp³-hybridized carbons (Fsp3) is 0.600. The van der Waals surface area contributed by atoms with E-state index >= 15 is 0 Å². The lowest BCUT2D eigenvalue weighted by Gasteiger charge is -2.30. The van der Waals surface area contributed by atoms with Gasteiger partial charge in [0.2, 0.25) is 0 Å². The molecule has 0 spiro atoms. The van der Waals surface area contributed by atoms with Gasteiger partial charge in [0.05, 0.1) is 0 Å². The first-order valence-corrected chi connectivity index (χ1v) is 8.94. The van der Waals surface area contributed by atoms with Crippen LogP contribution in [0.4, 0.5) is 0 Å². The van der Waals surface area contributed by atoms with Crippen molar-refractivity contribution < 1.29 is 8.42 Å². The average molecular weight is 348 g/mol. The van der Waals surface area contributed by atoms with Gasteiger partial charge in [0, 0.05) is 32.2 Å². The average Bonchev–Trinajstić information content (AvgIpc) is 2.95. The van der Waals surface area contributed by atoms with Crippen LogP contribution in [0.1, 0.15) is 25.3 Å². The first kappa shape index (κ1) is 19.4. The van der Waals surface area contributed by atoms with Gasteiger partial charge in [-0.25, -0.2) is 0 Å². The zero-order chi connectivity index (χ0) is 15.3. The normalized spacial score (nSPS) is 19.3. The van der Waals surface area contributed by atoms with Crippen molar-refractivity contribution in [1.29, 1.82) is 0 Å². The molecule has 22 heavy (non-hydrogen) atoms. The molecule has 1 aromatic carbocycles. The molecule has 0 bridgehead atoms. The second-order valence-electron chi connectivity index (χ2n) is 5.38. The van der Waals surface area contributed by atoms with E-state index in [9.17, 15) is 8.42 Å². The number of likely N-dealkylation sites (N-methyl/N-ethyl adjacent to an activating group) is 1. The van der Waals surface area contributed by atoms with Gasteiger partial charge < -0.3 is 5.32 Å². The van der Waals surface area contributed by atoms with E-state index in [1.54, 1.807) is 8.61 Å². The Morgan fingerprint density at radius 3 is 2.59 bits per heavy atom. The Morgan fingerprint density at radius 1 is 1.32 bits per heavy atom. The van der Waals surface area contributed by atoms with Gasteiger partial charge in [0.15, 0.2) is 0 Å². The van der Waals surface area contributed by atoms with Crippen LogP contribution in [0.25, 0.3) is 0 Å².